The molecule has 2 rings (SSSR count). The summed E-state index contributed by atoms with van der Waals surface area (Å²) in [6.07, 6.45) is 4.40. The molecule has 3 heteroatoms. The van der Waals surface area contributed by atoms with Gasteiger partial charge in [0.25, 0.3) is 0 Å². The van der Waals surface area contributed by atoms with Crippen LogP contribution in [0.2, 0.25) is 0 Å². The summed E-state index contributed by atoms with van der Waals surface area (Å²) in [4.78, 5) is 0. The zero-order valence-corrected chi connectivity index (χ0v) is 12.3. The fourth-order valence-electron chi connectivity index (χ4n) is 2.41. The Morgan fingerprint density at radius 1 is 1.33 bits per heavy atom. The highest BCUT2D eigenvalue weighted by molar-refractivity contribution is 7.84. The lowest BCUT2D eigenvalue weighted by molar-refractivity contribution is 0.438. The van der Waals surface area contributed by atoms with Crippen molar-refractivity contribution in [2.24, 2.45) is 5.92 Å². The van der Waals surface area contributed by atoms with Gasteiger partial charge in [0, 0.05) is 34.9 Å². The summed E-state index contributed by atoms with van der Waals surface area (Å²) in [6.45, 7) is 4.25. The number of rotatable bonds is 6. The molecule has 1 aliphatic rings. The van der Waals surface area contributed by atoms with Gasteiger partial charge in [-0.15, -0.1) is 0 Å². The maximum atomic E-state index is 11.3. The first kappa shape index (κ1) is 13.8. The topological polar surface area (TPSA) is 29.1 Å². The summed E-state index contributed by atoms with van der Waals surface area (Å²) in [7, 11) is -0.727. The van der Waals surface area contributed by atoms with Crippen molar-refractivity contribution < 1.29 is 4.21 Å². The maximum absolute atomic E-state index is 11.3. The highest BCUT2D eigenvalue weighted by atomic mass is 32.2. The zero-order valence-electron chi connectivity index (χ0n) is 11.5. The van der Waals surface area contributed by atoms with E-state index in [2.05, 4.69) is 43.4 Å². The average molecular weight is 265 g/mol. The van der Waals surface area contributed by atoms with E-state index in [1.54, 1.807) is 6.26 Å². The van der Waals surface area contributed by atoms with Crippen LogP contribution in [-0.4, -0.2) is 22.3 Å². The Morgan fingerprint density at radius 2 is 1.94 bits per heavy atom. The highest BCUT2D eigenvalue weighted by Crippen LogP contribution is 2.41. The number of hydrogen-bond donors (Lipinski definition) is 1. The van der Waals surface area contributed by atoms with Crippen LogP contribution in [0.25, 0.3) is 0 Å². The van der Waals surface area contributed by atoms with Crippen LogP contribution in [-0.2, 0) is 10.8 Å². The smallest absolute Gasteiger partial charge is 0.0383 e. The molecule has 2 nitrogen and oxygen atoms in total. The van der Waals surface area contributed by atoms with Gasteiger partial charge in [0.05, 0.1) is 0 Å². The molecule has 0 spiro atoms. The van der Waals surface area contributed by atoms with Crippen LogP contribution in [0.5, 0.6) is 0 Å². The Bertz CT molecular complexity index is 411. The monoisotopic (exact) mass is 265 g/mol. The van der Waals surface area contributed by atoms with Crippen molar-refractivity contribution in [1.82, 2.24) is 5.32 Å². The molecule has 1 aromatic rings. The third kappa shape index (κ3) is 3.92. The van der Waals surface area contributed by atoms with Gasteiger partial charge in [-0.3, -0.25) is 4.21 Å². The van der Waals surface area contributed by atoms with Gasteiger partial charge in [-0.05, 0) is 38.2 Å². The Hall–Kier alpha value is -0.670. The fraction of sp³-hybridized carbons (Fsp3) is 0.600. The number of benzene rings is 1. The Labute approximate surface area is 113 Å². The molecule has 1 aromatic carbocycles. The molecule has 0 aliphatic heterocycles. The van der Waals surface area contributed by atoms with Gasteiger partial charge in [-0.25, -0.2) is 0 Å². The normalized spacial score (nSPS) is 20.4. The van der Waals surface area contributed by atoms with Gasteiger partial charge in [-0.1, -0.05) is 29.8 Å². The van der Waals surface area contributed by atoms with Crippen LogP contribution in [0.4, 0.5) is 0 Å². The lowest BCUT2D eigenvalue weighted by atomic mass is 10.0. The third-order valence-electron chi connectivity index (χ3n) is 3.48. The molecule has 1 saturated carbocycles. The predicted molar refractivity (Wildman–Crippen MR) is 78.2 cm³/mol. The van der Waals surface area contributed by atoms with Gasteiger partial charge in [0.1, 0.15) is 0 Å². The Balaban J connectivity index is 2.04. The van der Waals surface area contributed by atoms with E-state index in [0.29, 0.717) is 12.1 Å². The number of nitrogens with one attached hydrogen (secondary N) is 1. The quantitative estimate of drug-likeness (QED) is 0.857. The maximum Gasteiger partial charge on any atom is 0.0383 e. The van der Waals surface area contributed by atoms with Gasteiger partial charge in [-0.2, -0.15) is 0 Å². The summed E-state index contributed by atoms with van der Waals surface area (Å²) in [5, 5.41) is 3.65. The largest absolute Gasteiger partial charge is 0.306 e. The molecule has 0 heterocycles. The minimum atomic E-state index is -0.727. The molecule has 0 aromatic heterocycles. The lowest BCUT2D eigenvalue weighted by Gasteiger charge is -2.23. The summed E-state index contributed by atoms with van der Waals surface area (Å²) in [5.74, 6) is 1.50. The van der Waals surface area contributed by atoms with E-state index in [0.717, 1.165) is 11.7 Å². The van der Waals surface area contributed by atoms with Crippen molar-refractivity contribution >= 4 is 10.8 Å². The Morgan fingerprint density at radius 3 is 2.44 bits per heavy atom. The first-order valence-corrected chi connectivity index (χ1v) is 8.41. The molecule has 0 radical (unpaired) electrons. The van der Waals surface area contributed by atoms with Gasteiger partial charge in [0.2, 0.25) is 0 Å². The van der Waals surface area contributed by atoms with Crippen molar-refractivity contribution in [2.75, 3.05) is 12.0 Å². The van der Waals surface area contributed by atoms with Crippen LogP contribution in [0.15, 0.2) is 24.3 Å². The van der Waals surface area contributed by atoms with Crippen molar-refractivity contribution in [3.63, 3.8) is 0 Å². The van der Waals surface area contributed by atoms with E-state index in [9.17, 15) is 4.21 Å². The van der Waals surface area contributed by atoms with E-state index < -0.39 is 10.8 Å². The van der Waals surface area contributed by atoms with Crippen LogP contribution in [0.1, 0.15) is 36.9 Å². The second kappa shape index (κ2) is 5.98. The minimum absolute atomic E-state index is 0.308. The average Bonchev–Trinajstić information content (AvgIpc) is 3.10. The third-order valence-corrected chi connectivity index (χ3v) is 4.45. The molecule has 0 amide bonds. The molecular formula is C15H23NOS. The van der Waals surface area contributed by atoms with Crippen molar-refractivity contribution in [3.8, 4) is 0 Å². The van der Waals surface area contributed by atoms with Crippen molar-refractivity contribution in [1.29, 1.82) is 0 Å². The standard InChI is InChI=1S/C15H23NOS/c1-11-4-6-13(7-5-11)15(14-8-9-14)16-12(2)10-18(3)17/h4-7,12,14-16H,8-10H2,1-3H3. The van der Waals surface area contributed by atoms with Crippen molar-refractivity contribution in [3.05, 3.63) is 35.4 Å². The number of hydrogen-bond acceptors (Lipinski definition) is 2. The van der Waals surface area contributed by atoms with Crippen LogP contribution >= 0.6 is 0 Å². The first-order valence-electron chi connectivity index (χ1n) is 6.69. The Kier molecular flexibility index (Phi) is 4.57. The fourth-order valence-corrected chi connectivity index (χ4v) is 3.21. The molecule has 1 aliphatic carbocycles. The minimum Gasteiger partial charge on any atom is -0.306 e. The van der Waals surface area contributed by atoms with Crippen LogP contribution < -0.4 is 5.32 Å². The second-order valence-electron chi connectivity index (χ2n) is 5.53. The summed E-state index contributed by atoms with van der Waals surface area (Å²) < 4.78 is 11.3. The molecule has 100 valence electrons. The number of aryl methyl sites for hydroxylation is 1. The predicted octanol–water partition coefficient (Wildman–Crippen LogP) is 2.80. The van der Waals surface area contributed by atoms with E-state index in [-0.39, 0.29) is 0 Å². The molecule has 1 N–H and O–H groups in total. The molecule has 3 unspecified atom stereocenters. The first-order chi connectivity index (χ1) is 8.56. The SMILES string of the molecule is Cc1ccc(C(NC(C)CS(C)=O)C2CC2)cc1. The molecule has 1 fully saturated rings. The van der Waals surface area contributed by atoms with E-state index in [1.807, 2.05) is 0 Å². The summed E-state index contributed by atoms with van der Waals surface area (Å²) >= 11 is 0. The molecular weight excluding hydrogens is 242 g/mol. The van der Waals surface area contributed by atoms with Crippen LogP contribution in [0, 0.1) is 12.8 Å². The lowest BCUT2D eigenvalue weighted by Crippen LogP contribution is -2.35. The van der Waals surface area contributed by atoms with Gasteiger partial charge < -0.3 is 5.32 Å². The molecule has 0 saturated heterocycles. The van der Waals surface area contributed by atoms with Gasteiger partial charge >= 0.3 is 0 Å². The highest BCUT2D eigenvalue weighted by Gasteiger charge is 2.32. The van der Waals surface area contributed by atoms with Crippen LogP contribution in [0.3, 0.4) is 0 Å². The molecule has 3 atom stereocenters. The van der Waals surface area contributed by atoms with Gasteiger partial charge in [0.15, 0.2) is 0 Å². The van der Waals surface area contributed by atoms with Crippen molar-refractivity contribution in [2.45, 2.75) is 38.8 Å². The second-order valence-corrected chi connectivity index (χ2v) is 7.01. The molecule has 18 heavy (non-hydrogen) atoms. The van der Waals surface area contributed by atoms with E-state index in [4.69, 9.17) is 0 Å². The van der Waals surface area contributed by atoms with E-state index >= 15 is 0 Å². The molecule has 0 bridgehead atoms. The zero-order chi connectivity index (χ0) is 13.1. The summed E-state index contributed by atoms with van der Waals surface area (Å²) in [5.41, 5.74) is 2.67. The van der Waals surface area contributed by atoms with E-state index in [1.165, 1.54) is 24.0 Å². The summed E-state index contributed by atoms with van der Waals surface area (Å²) in [6, 6.07) is 9.54.